The van der Waals surface area contributed by atoms with Crippen LogP contribution in [-0.2, 0) is 13.0 Å². The van der Waals surface area contributed by atoms with Gasteiger partial charge in [0.1, 0.15) is 5.52 Å². The van der Waals surface area contributed by atoms with E-state index in [0.29, 0.717) is 5.92 Å². The van der Waals surface area contributed by atoms with Crippen LogP contribution in [0.4, 0.5) is 11.5 Å². The van der Waals surface area contributed by atoms with Crippen molar-refractivity contribution in [2.45, 2.75) is 25.8 Å². The fourth-order valence-electron chi connectivity index (χ4n) is 4.47. The predicted octanol–water partition coefficient (Wildman–Crippen LogP) is 4.42. The summed E-state index contributed by atoms with van der Waals surface area (Å²) >= 11 is 0. The molecule has 1 atom stereocenters. The van der Waals surface area contributed by atoms with E-state index in [1.165, 1.54) is 16.8 Å². The van der Waals surface area contributed by atoms with Crippen LogP contribution >= 0.6 is 0 Å². The molecule has 3 aliphatic heterocycles. The molecule has 3 aliphatic rings. The molecule has 5 heteroatoms. The van der Waals surface area contributed by atoms with Gasteiger partial charge in [-0.3, -0.25) is 0 Å². The lowest BCUT2D eigenvalue weighted by atomic mass is 9.91. The average molecular weight is 367 g/mol. The molecule has 28 heavy (non-hydrogen) atoms. The molecule has 0 saturated heterocycles. The first-order chi connectivity index (χ1) is 13.7. The van der Waals surface area contributed by atoms with Crippen molar-refractivity contribution in [3.8, 4) is 11.3 Å². The zero-order valence-corrected chi connectivity index (χ0v) is 15.7. The molecule has 1 unspecified atom stereocenters. The molecule has 5 heterocycles. The molecule has 3 N–H and O–H groups in total. The van der Waals surface area contributed by atoms with Gasteiger partial charge in [-0.15, -0.1) is 0 Å². The number of hydrogen-bond acceptors (Lipinski definition) is 4. The molecule has 0 aliphatic carbocycles. The van der Waals surface area contributed by atoms with E-state index in [9.17, 15) is 0 Å². The van der Waals surface area contributed by atoms with Gasteiger partial charge in [0, 0.05) is 41.6 Å². The summed E-state index contributed by atoms with van der Waals surface area (Å²) in [5.74, 6) is 1.25. The number of aromatic amines is 1. The third kappa shape index (κ3) is 2.43. The van der Waals surface area contributed by atoms with Crippen molar-refractivity contribution in [3.63, 3.8) is 0 Å². The van der Waals surface area contributed by atoms with Gasteiger partial charge in [-0.05, 0) is 48.7 Å². The highest BCUT2D eigenvalue weighted by Crippen LogP contribution is 2.35. The number of H-pyrrole nitrogens is 1. The van der Waals surface area contributed by atoms with E-state index in [4.69, 9.17) is 9.97 Å². The van der Waals surface area contributed by atoms with Gasteiger partial charge < -0.3 is 15.6 Å². The quantitative estimate of drug-likeness (QED) is 0.430. The number of benzene rings is 2. The summed E-state index contributed by atoms with van der Waals surface area (Å²) < 4.78 is 0. The first-order valence-electron chi connectivity index (χ1n) is 9.81. The zero-order chi connectivity index (χ0) is 18.7. The van der Waals surface area contributed by atoms with E-state index < -0.39 is 0 Å². The lowest BCUT2D eigenvalue weighted by Gasteiger charge is -2.24. The van der Waals surface area contributed by atoms with Crippen LogP contribution in [0.25, 0.3) is 22.3 Å². The molecular weight excluding hydrogens is 346 g/mol. The Morgan fingerprint density at radius 2 is 1.93 bits per heavy atom. The Balaban J connectivity index is 1.66. The van der Waals surface area contributed by atoms with Crippen molar-refractivity contribution in [3.05, 3.63) is 71.0 Å². The van der Waals surface area contributed by atoms with E-state index in [2.05, 4.69) is 58.1 Å². The van der Waals surface area contributed by atoms with Gasteiger partial charge in [-0.1, -0.05) is 24.3 Å². The molecule has 0 radical (unpaired) electrons. The molecule has 2 aromatic heterocycles. The highest BCUT2D eigenvalue weighted by Gasteiger charge is 2.24. The number of nitrogens with one attached hydrogen (secondary N) is 3. The minimum absolute atomic E-state index is 0.443. The van der Waals surface area contributed by atoms with E-state index >= 15 is 0 Å². The van der Waals surface area contributed by atoms with Gasteiger partial charge in [0.15, 0.2) is 5.82 Å². The van der Waals surface area contributed by atoms with Gasteiger partial charge >= 0.3 is 0 Å². The van der Waals surface area contributed by atoms with Gasteiger partial charge in [0.05, 0.1) is 11.2 Å². The van der Waals surface area contributed by atoms with Crippen molar-refractivity contribution in [1.82, 2.24) is 20.3 Å². The third-order valence-electron chi connectivity index (χ3n) is 5.91. The van der Waals surface area contributed by atoms with Crippen LogP contribution in [-0.4, -0.2) is 21.5 Å². The number of anilines is 2. The number of rotatable bonds is 0. The number of aryl methyl sites for hydroxylation is 1. The Labute approximate surface area is 163 Å². The van der Waals surface area contributed by atoms with E-state index in [1.54, 1.807) is 0 Å². The van der Waals surface area contributed by atoms with Crippen LogP contribution in [0.2, 0.25) is 0 Å². The molecule has 4 aromatic rings. The van der Waals surface area contributed by atoms with Crippen molar-refractivity contribution in [1.29, 1.82) is 0 Å². The Morgan fingerprint density at radius 1 is 1.04 bits per heavy atom. The second kappa shape index (κ2) is 5.91. The molecule has 0 fully saturated rings. The van der Waals surface area contributed by atoms with Crippen LogP contribution in [0.1, 0.15) is 28.4 Å². The highest BCUT2D eigenvalue weighted by atomic mass is 15.0. The monoisotopic (exact) mass is 367 g/mol. The van der Waals surface area contributed by atoms with Crippen LogP contribution in [0.15, 0.2) is 48.5 Å². The largest absolute Gasteiger partial charge is 0.358 e. The Hall–Kier alpha value is -3.18. The maximum atomic E-state index is 4.98. The lowest BCUT2D eigenvalue weighted by molar-refractivity contribution is 0.531. The lowest BCUT2D eigenvalue weighted by Crippen LogP contribution is -2.28. The maximum absolute atomic E-state index is 4.98. The smallest absolute Gasteiger partial charge is 0.152 e. The predicted molar refractivity (Wildman–Crippen MR) is 112 cm³/mol. The molecule has 0 spiro atoms. The Kier molecular flexibility index (Phi) is 3.34. The average Bonchev–Trinajstić information content (AvgIpc) is 3.14. The Bertz CT molecular complexity index is 1210. The third-order valence-corrected chi connectivity index (χ3v) is 5.91. The van der Waals surface area contributed by atoms with Crippen molar-refractivity contribution in [2.24, 2.45) is 0 Å². The highest BCUT2D eigenvalue weighted by molar-refractivity contribution is 5.92. The van der Waals surface area contributed by atoms with Crippen molar-refractivity contribution < 1.29 is 0 Å². The number of para-hydroxylation sites is 1. The molecule has 0 amide bonds. The number of aromatic nitrogens is 3. The summed E-state index contributed by atoms with van der Waals surface area (Å²) in [5.41, 5.74) is 10.1. The molecule has 2 aromatic carbocycles. The molecular formula is C23H21N5. The van der Waals surface area contributed by atoms with Gasteiger partial charge in [-0.2, -0.15) is 0 Å². The minimum atomic E-state index is 0.443. The van der Waals surface area contributed by atoms with E-state index in [1.807, 2.05) is 13.0 Å². The van der Waals surface area contributed by atoms with Crippen LogP contribution in [0.3, 0.4) is 0 Å². The fraction of sp³-hybridized carbons (Fsp3) is 0.217. The van der Waals surface area contributed by atoms with Gasteiger partial charge in [0.25, 0.3) is 0 Å². The number of fused-ring (bicyclic) bond motifs is 2. The second-order valence-electron chi connectivity index (χ2n) is 7.81. The zero-order valence-electron chi connectivity index (χ0n) is 15.7. The SMILES string of the molecule is Cc1nc2cccc3c2nc1Nc1ccc(cc1)CC1CNCc2cc-3[nH]c21. The van der Waals surface area contributed by atoms with E-state index in [0.717, 1.165) is 59.0 Å². The van der Waals surface area contributed by atoms with Gasteiger partial charge in [0.2, 0.25) is 0 Å². The number of hydrogen-bond donors (Lipinski definition) is 3. The molecule has 7 rings (SSSR count). The molecule has 5 nitrogen and oxygen atoms in total. The first-order valence-corrected chi connectivity index (χ1v) is 9.81. The normalized spacial score (nSPS) is 17.5. The molecule has 138 valence electrons. The second-order valence-corrected chi connectivity index (χ2v) is 7.81. The van der Waals surface area contributed by atoms with Crippen LogP contribution in [0, 0.1) is 6.92 Å². The summed E-state index contributed by atoms with van der Waals surface area (Å²) in [4.78, 5) is 13.5. The van der Waals surface area contributed by atoms with Gasteiger partial charge in [-0.25, -0.2) is 9.97 Å². The van der Waals surface area contributed by atoms with E-state index in [-0.39, 0.29) is 0 Å². The summed E-state index contributed by atoms with van der Waals surface area (Å²) in [6.45, 7) is 3.90. The standard InChI is InChI=1S/C23H21N5/c1-13-23-26-17-7-5-14(6-8-17)9-15-11-24-12-16-10-20(27-21(15)16)18-3-2-4-19(25-13)22(18)28-23/h2-8,10,15,24,27H,9,11-12H2,1H3,(H,26,28). The summed E-state index contributed by atoms with van der Waals surface area (Å²) in [6, 6.07) is 17.2. The van der Waals surface area contributed by atoms with Crippen LogP contribution in [0.5, 0.6) is 0 Å². The summed E-state index contributed by atoms with van der Waals surface area (Å²) in [7, 11) is 0. The molecule has 0 saturated carbocycles. The minimum Gasteiger partial charge on any atom is -0.358 e. The topological polar surface area (TPSA) is 65.6 Å². The summed E-state index contributed by atoms with van der Waals surface area (Å²) in [6.07, 6.45) is 1.02. The van der Waals surface area contributed by atoms with Crippen LogP contribution < -0.4 is 10.6 Å². The Morgan fingerprint density at radius 3 is 2.82 bits per heavy atom. The van der Waals surface area contributed by atoms with Crippen molar-refractivity contribution in [2.75, 3.05) is 11.9 Å². The maximum Gasteiger partial charge on any atom is 0.152 e. The number of nitrogens with zero attached hydrogens (tertiary/aromatic N) is 2. The first kappa shape index (κ1) is 15.8. The van der Waals surface area contributed by atoms with Crippen molar-refractivity contribution >= 4 is 22.5 Å². The summed E-state index contributed by atoms with van der Waals surface area (Å²) in [5, 5.41) is 7.04. The fourth-order valence-corrected chi connectivity index (χ4v) is 4.47. The molecule has 6 bridgehead atoms.